The smallest absolute Gasteiger partial charge is 0.275 e. The standard InChI is InChI=1S/C14H23N3O3/c1-11(2)20-14-9-12(8-13(10-14)17(18)19)15-6-5-7-16(3)4/h8-11,15H,5-7H2,1-4H3. The molecule has 0 spiro atoms. The van der Waals surface area contributed by atoms with Crippen LogP contribution in [0.5, 0.6) is 5.75 Å². The molecule has 0 fully saturated rings. The second-order valence-electron chi connectivity index (χ2n) is 5.22. The van der Waals surface area contributed by atoms with Crippen LogP contribution in [-0.4, -0.2) is 43.1 Å². The number of nitro benzene ring substituents is 1. The van der Waals surface area contributed by atoms with Gasteiger partial charge < -0.3 is 15.0 Å². The Balaban J connectivity index is 2.73. The van der Waals surface area contributed by atoms with Crippen molar-refractivity contribution in [3.63, 3.8) is 0 Å². The first-order valence-electron chi connectivity index (χ1n) is 6.73. The second-order valence-corrected chi connectivity index (χ2v) is 5.22. The van der Waals surface area contributed by atoms with Crippen molar-refractivity contribution in [1.82, 2.24) is 4.90 Å². The summed E-state index contributed by atoms with van der Waals surface area (Å²) in [4.78, 5) is 12.6. The monoisotopic (exact) mass is 281 g/mol. The molecule has 1 rings (SSSR count). The van der Waals surface area contributed by atoms with Crippen LogP contribution in [0.25, 0.3) is 0 Å². The Morgan fingerprint density at radius 2 is 2.05 bits per heavy atom. The first-order chi connectivity index (χ1) is 9.38. The predicted molar refractivity (Wildman–Crippen MR) is 80.5 cm³/mol. The molecule has 112 valence electrons. The summed E-state index contributed by atoms with van der Waals surface area (Å²) in [7, 11) is 4.03. The van der Waals surface area contributed by atoms with E-state index in [0.717, 1.165) is 19.5 Å². The molecular weight excluding hydrogens is 258 g/mol. The molecule has 0 atom stereocenters. The zero-order chi connectivity index (χ0) is 15.1. The Hall–Kier alpha value is -1.82. The van der Waals surface area contributed by atoms with Crippen molar-refractivity contribution in [2.45, 2.75) is 26.4 Å². The molecular formula is C14H23N3O3. The maximum Gasteiger partial charge on any atom is 0.275 e. The third kappa shape index (κ3) is 5.88. The third-order valence-electron chi connectivity index (χ3n) is 2.59. The van der Waals surface area contributed by atoms with Crippen LogP contribution in [0.3, 0.4) is 0 Å². The van der Waals surface area contributed by atoms with Gasteiger partial charge in [-0.15, -0.1) is 0 Å². The maximum atomic E-state index is 10.9. The highest BCUT2D eigenvalue weighted by Gasteiger charge is 2.11. The molecule has 0 amide bonds. The van der Waals surface area contributed by atoms with Crippen molar-refractivity contribution >= 4 is 11.4 Å². The van der Waals surface area contributed by atoms with Gasteiger partial charge >= 0.3 is 0 Å². The third-order valence-corrected chi connectivity index (χ3v) is 2.59. The van der Waals surface area contributed by atoms with Crippen molar-refractivity contribution in [2.75, 3.05) is 32.5 Å². The number of hydrogen-bond acceptors (Lipinski definition) is 5. The van der Waals surface area contributed by atoms with E-state index in [0.29, 0.717) is 11.4 Å². The highest BCUT2D eigenvalue weighted by Crippen LogP contribution is 2.26. The Morgan fingerprint density at radius 3 is 2.60 bits per heavy atom. The summed E-state index contributed by atoms with van der Waals surface area (Å²) < 4.78 is 5.54. The molecule has 0 unspecified atom stereocenters. The number of benzene rings is 1. The van der Waals surface area contributed by atoms with Gasteiger partial charge in [-0.05, 0) is 40.9 Å². The number of anilines is 1. The van der Waals surface area contributed by atoms with E-state index in [9.17, 15) is 10.1 Å². The molecule has 6 nitrogen and oxygen atoms in total. The zero-order valence-electron chi connectivity index (χ0n) is 12.5. The average Bonchev–Trinajstić information content (AvgIpc) is 2.33. The second kappa shape index (κ2) is 7.69. The minimum Gasteiger partial charge on any atom is -0.491 e. The number of ether oxygens (including phenoxy) is 1. The summed E-state index contributed by atoms with van der Waals surface area (Å²) in [5, 5.41) is 14.1. The van der Waals surface area contributed by atoms with Gasteiger partial charge in [-0.2, -0.15) is 0 Å². The Labute approximate surface area is 119 Å². The Bertz CT molecular complexity index is 447. The van der Waals surface area contributed by atoms with E-state index in [1.54, 1.807) is 6.07 Å². The minimum atomic E-state index is -0.405. The molecule has 0 aromatic heterocycles. The van der Waals surface area contributed by atoms with Crippen LogP contribution in [0.4, 0.5) is 11.4 Å². The first kappa shape index (κ1) is 16.2. The maximum absolute atomic E-state index is 10.9. The quantitative estimate of drug-likeness (QED) is 0.451. The fourth-order valence-corrected chi connectivity index (χ4v) is 1.76. The number of hydrogen-bond donors (Lipinski definition) is 1. The van der Waals surface area contributed by atoms with E-state index in [4.69, 9.17) is 4.74 Å². The Kier molecular flexibility index (Phi) is 6.24. The largest absolute Gasteiger partial charge is 0.491 e. The van der Waals surface area contributed by atoms with Crippen LogP contribution < -0.4 is 10.1 Å². The number of rotatable bonds is 8. The SMILES string of the molecule is CC(C)Oc1cc(NCCCN(C)C)cc([N+](=O)[O-])c1. The zero-order valence-corrected chi connectivity index (χ0v) is 12.5. The van der Waals surface area contributed by atoms with Crippen molar-refractivity contribution in [3.8, 4) is 5.75 Å². The molecule has 0 saturated carbocycles. The lowest BCUT2D eigenvalue weighted by atomic mass is 10.2. The topological polar surface area (TPSA) is 67.6 Å². The molecule has 0 aliphatic rings. The van der Waals surface area contributed by atoms with Crippen LogP contribution in [0, 0.1) is 10.1 Å². The molecule has 6 heteroatoms. The van der Waals surface area contributed by atoms with Crippen molar-refractivity contribution in [3.05, 3.63) is 28.3 Å². The van der Waals surface area contributed by atoms with Gasteiger partial charge in [-0.1, -0.05) is 0 Å². The highest BCUT2D eigenvalue weighted by atomic mass is 16.6. The highest BCUT2D eigenvalue weighted by molar-refractivity contribution is 5.56. The van der Waals surface area contributed by atoms with Crippen molar-refractivity contribution in [2.24, 2.45) is 0 Å². The van der Waals surface area contributed by atoms with E-state index >= 15 is 0 Å². The van der Waals surface area contributed by atoms with Crippen LogP contribution in [0.15, 0.2) is 18.2 Å². The van der Waals surface area contributed by atoms with Gasteiger partial charge in [-0.3, -0.25) is 10.1 Å². The van der Waals surface area contributed by atoms with Gasteiger partial charge in [0.1, 0.15) is 5.75 Å². The molecule has 0 saturated heterocycles. The van der Waals surface area contributed by atoms with Gasteiger partial charge in [-0.25, -0.2) is 0 Å². The van der Waals surface area contributed by atoms with Gasteiger partial charge in [0.15, 0.2) is 0 Å². The minimum absolute atomic E-state index is 0.0152. The van der Waals surface area contributed by atoms with Crippen LogP contribution >= 0.6 is 0 Å². The summed E-state index contributed by atoms with van der Waals surface area (Å²) >= 11 is 0. The van der Waals surface area contributed by atoms with Crippen LogP contribution in [0.1, 0.15) is 20.3 Å². The lowest BCUT2D eigenvalue weighted by Gasteiger charge is -2.13. The normalized spacial score (nSPS) is 10.9. The molecule has 20 heavy (non-hydrogen) atoms. The summed E-state index contributed by atoms with van der Waals surface area (Å²) in [6, 6.07) is 4.77. The van der Waals surface area contributed by atoms with Crippen molar-refractivity contribution < 1.29 is 9.66 Å². The first-order valence-corrected chi connectivity index (χ1v) is 6.73. The molecule has 1 aromatic carbocycles. The lowest BCUT2D eigenvalue weighted by molar-refractivity contribution is -0.384. The molecule has 0 aliphatic heterocycles. The van der Waals surface area contributed by atoms with E-state index in [1.165, 1.54) is 12.1 Å². The number of nitrogens with zero attached hydrogens (tertiary/aromatic N) is 2. The lowest BCUT2D eigenvalue weighted by Crippen LogP contribution is -2.16. The predicted octanol–water partition coefficient (Wildman–Crippen LogP) is 2.75. The summed E-state index contributed by atoms with van der Waals surface area (Å²) in [5.74, 6) is 0.518. The summed E-state index contributed by atoms with van der Waals surface area (Å²) in [5.41, 5.74) is 0.756. The fourth-order valence-electron chi connectivity index (χ4n) is 1.76. The van der Waals surface area contributed by atoms with E-state index in [2.05, 4.69) is 10.2 Å². The fraction of sp³-hybridized carbons (Fsp3) is 0.571. The van der Waals surface area contributed by atoms with Gasteiger partial charge in [0.2, 0.25) is 0 Å². The molecule has 0 bridgehead atoms. The molecule has 1 N–H and O–H groups in total. The Morgan fingerprint density at radius 1 is 1.35 bits per heavy atom. The number of nitrogens with one attached hydrogen (secondary N) is 1. The number of nitro groups is 1. The molecule has 0 radical (unpaired) electrons. The summed E-state index contributed by atoms with van der Waals surface area (Å²) in [6.07, 6.45) is 0.953. The average molecular weight is 281 g/mol. The van der Waals surface area contributed by atoms with E-state index in [-0.39, 0.29) is 11.8 Å². The van der Waals surface area contributed by atoms with Crippen LogP contribution in [0.2, 0.25) is 0 Å². The van der Waals surface area contributed by atoms with E-state index < -0.39 is 4.92 Å². The van der Waals surface area contributed by atoms with Gasteiger partial charge in [0.25, 0.3) is 5.69 Å². The molecule has 0 heterocycles. The van der Waals surface area contributed by atoms with Gasteiger partial charge in [0.05, 0.1) is 17.1 Å². The number of non-ortho nitro benzene ring substituents is 1. The molecule has 0 aliphatic carbocycles. The van der Waals surface area contributed by atoms with Crippen molar-refractivity contribution in [1.29, 1.82) is 0 Å². The van der Waals surface area contributed by atoms with Gasteiger partial charge in [0, 0.05) is 24.4 Å². The molecule has 1 aromatic rings. The van der Waals surface area contributed by atoms with E-state index in [1.807, 2.05) is 27.9 Å². The summed E-state index contributed by atoms with van der Waals surface area (Å²) in [6.45, 7) is 5.52. The van der Waals surface area contributed by atoms with Crippen LogP contribution in [-0.2, 0) is 0 Å².